The summed E-state index contributed by atoms with van der Waals surface area (Å²) in [6, 6.07) is 21.7. The summed E-state index contributed by atoms with van der Waals surface area (Å²) in [5.74, 6) is -2.01. The zero-order valence-corrected chi connectivity index (χ0v) is 21.8. The third-order valence-corrected chi connectivity index (χ3v) is 6.76. The molecule has 4 rings (SSSR count). The number of fused-ring (bicyclic) bond motifs is 1. The number of amides is 2. The molecule has 1 aliphatic heterocycles. The van der Waals surface area contributed by atoms with E-state index in [1.54, 1.807) is 37.3 Å². The normalized spacial score (nSPS) is 15.8. The third-order valence-electron chi connectivity index (χ3n) is 6.02. The van der Waals surface area contributed by atoms with E-state index in [0.717, 1.165) is 11.1 Å². The molecule has 1 N–H and O–H groups in total. The van der Waals surface area contributed by atoms with E-state index in [4.69, 9.17) is 32.9 Å². The Morgan fingerprint density at radius 1 is 1.03 bits per heavy atom. The lowest BCUT2D eigenvalue weighted by molar-refractivity contribution is -0.140. The Bertz CT molecular complexity index is 1360. The first kappa shape index (κ1) is 26.4. The van der Waals surface area contributed by atoms with Crippen molar-refractivity contribution in [3.8, 4) is 0 Å². The van der Waals surface area contributed by atoms with Gasteiger partial charge < -0.3 is 10.1 Å². The van der Waals surface area contributed by atoms with Crippen molar-refractivity contribution in [3.63, 3.8) is 0 Å². The van der Waals surface area contributed by atoms with E-state index >= 15 is 0 Å². The van der Waals surface area contributed by atoms with Gasteiger partial charge >= 0.3 is 5.97 Å². The van der Waals surface area contributed by atoms with Crippen molar-refractivity contribution < 1.29 is 19.1 Å². The van der Waals surface area contributed by atoms with Gasteiger partial charge in [-0.25, -0.2) is 4.99 Å². The predicted molar refractivity (Wildman–Crippen MR) is 144 cm³/mol. The van der Waals surface area contributed by atoms with Gasteiger partial charge in [0.25, 0.3) is 5.91 Å². The number of aliphatic imine (C=N–C) groups is 1. The Morgan fingerprint density at radius 3 is 2.43 bits per heavy atom. The molecule has 0 aromatic heterocycles. The summed E-state index contributed by atoms with van der Waals surface area (Å²) in [4.78, 5) is 45.2. The van der Waals surface area contributed by atoms with Crippen LogP contribution < -0.4 is 10.2 Å². The number of rotatable bonds is 7. The van der Waals surface area contributed by atoms with Gasteiger partial charge in [0.15, 0.2) is 0 Å². The van der Waals surface area contributed by atoms with Crippen LogP contribution >= 0.6 is 23.2 Å². The first-order valence-corrected chi connectivity index (χ1v) is 12.4. The molecule has 2 atom stereocenters. The van der Waals surface area contributed by atoms with Crippen molar-refractivity contribution in [2.75, 3.05) is 18.6 Å². The number of benzene rings is 3. The van der Waals surface area contributed by atoms with E-state index < -0.39 is 24.0 Å². The highest BCUT2D eigenvalue weighted by atomic mass is 35.5. The van der Waals surface area contributed by atoms with Crippen LogP contribution in [-0.4, -0.2) is 43.3 Å². The van der Waals surface area contributed by atoms with Gasteiger partial charge in [-0.2, -0.15) is 0 Å². The Labute approximate surface area is 225 Å². The molecule has 0 spiro atoms. The molecular formula is C28H25Cl2N3O4. The molecule has 0 saturated carbocycles. The van der Waals surface area contributed by atoms with Gasteiger partial charge in [0.1, 0.15) is 6.54 Å². The van der Waals surface area contributed by atoms with E-state index in [0.29, 0.717) is 33.4 Å². The van der Waals surface area contributed by atoms with Crippen molar-refractivity contribution in [2.24, 2.45) is 10.9 Å². The molecular weight excluding hydrogens is 513 g/mol. The van der Waals surface area contributed by atoms with Crippen molar-refractivity contribution in [2.45, 2.75) is 19.5 Å². The molecule has 3 aromatic carbocycles. The summed E-state index contributed by atoms with van der Waals surface area (Å²) in [5.41, 5.74) is 3.29. The largest absolute Gasteiger partial charge is 0.468 e. The lowest BCUT2D eigenvalue weighted by Gasteiger charge is -2.25. The number of carbonyl (C=O) groups excluding carboxylic acids is 3. The summed E-state index contributed by atoms with van der Waals surface area (Å²) in [6.45, 7) is 1.43. The molecule has 0 fully saturated rings. The highest BCUT2D eigenvalue weighted by molar-refractivity contribution is 6.42. The lowest BCUT2D eigenvalue weighted by Crippen LogP contribution is -2.50. The third kappa shape index (κ3) is 6.01. The topological polar surface area (TPSA) is 88.1 Å². The van der Waals surface area contributed by atoms with Crippen LogP contribution in [0.5, 0.6) is 0 Å². The summed E-state index contributed by atoms with van der Waals surface area (Å²) >= 11 is 12.1. The average Bonchev–Trinajstić information content (AvgIpc) is 3.01. The summed E-state index contributed by atoms with van der Waals surface area (Å²) < 4.78 is 4.83. The molecule has 1 unspecified atom stereocenters. The average molecular weight is 538 g/mol. The summed E-state index contributed by atoms with van der Waals surface area (Å²) in [5, 5.41) is 3.61. The number of halogens is 2. The summed E-state index contributed by atoms with van der Waals surface area (Å²) in [7, 11) is 1.26. The van der Waals surface area contributed by atoms with Crippen molar-refractivity contribution >= 4 is 52.4 Å². The van der Waals surface area contributed by atoms with Crippen molar-refractivity contribution in [3.05, 3.63) is 99.5 Å². The molecule has 7 nitrogen and oxygen atoms in total. The standard InChI is InChI=1S/C28H25Cl2N3O4/c1-17(14-18-12-13-21(29)22(30)15-18)27(35)32-26-28(36)33(16-24(34)37-2)23-11-7-6-10-20(23)25(31-26)19-8-4-3-5-9-19/h3-13,15,17,26H,14,16H2,1-2H3,(H,32,35)/t17-,26?/m0/s1. The maximum atomic E-state index is 13.7. The van der Waals surface area contributed by atoms with Crippen LogP contribution in [0.3, 0.4) is 0 Å². The van der Waals surface area contributed by atoms with Crippen LogP contribution in [0.25, 0.3) is 0 Å². The minimum Gasteiger partial charge on any atom is -0.468 e. The fraction of sp³-hybridized carbons (Fsp3) is 0.214. The Balaban J connectivity index is 1.69. The molecule has 0 bridgehead atoms. The molecule has 0 radical (unpaired) electrons. The van der Waals surface area contributed by atoms with Crippen molar-refractivity contribution in [1.29, 1.82) is 0 Å². The van der Waals surface area contributed by atoms with Crippen LogP contribution in [0.15, 0.2) is 77.8 Å². The van der Waals surface area contributed by atoms with Gasteiger partial charge in [-0.1, -0.05) is 84.7 Å². The van der Waals surface area contributed by atoms with Crippen LogP contribution in [0, 0.1) is 5.92 Å². The molecule has 37 heavy (non-hydrogen) atoms. The Kier molecular flexibility index (Phi) is 8.26. The van der Waals surface area contributed by atoms with Gasteiger partial charge in [0, 0.05) is 17.0 Å². The number of benzodiazepines with no additional fused rings is 1. The van der Waals surface area contributed by atoms with E-state index in [1.807, 2.05) is 42.5 Å². The van der Waals surface area contributed by atoms with Crippen LogP contribution in [0.2, 0.25) is 10.0 Å². The second-order valence-corrected chi connectivity index (χ2v) is 9.44. The first-order valence-electron chi connectivity index (χ1n) is 11.6. The zero-order valence-electron chi connectivity index (χ0n) is 20.3. The number of anilines is 1. The quantitative estimate of drug-likeness (QED) is 0.443. The number of hydrogen-bond acceptors (Lipinski definition) is 5. The number of esters is 1. The predicted octanol–water partition coefficient (Wildman–Crippen LogP) is 4.67. The van der Waals surface area contributed by atoms with E-state index in [-0.39, 0.29) is 12.5 Å². The van der Waals surface area contributed by atoms with Crippen LogP contribution in [-0.2, 0) is 25.5 Å². The molecule has 1 heterocycles. The molecule has 0 aliphatic carbocycles. The molecule has 190 valence electrons. The van der Waals surface area contributed by atoms with Crippen molar-refractivity contribution in [1.82, 2.24) is 5.32 Å². The van der Waals surface area contributed by atoms with Gasteiger partial charge in [-0.05, 0) is 30.2 Å². The van der Waals surface area contributed by atoms with Gasteiger partial charge in [0.2, 0.25) is 12.1 Å². The maximum absolute atomic E-state index is 13.7. The van der Waals surface area contributed by atoms with Gasteiger partial charge in [-0.15, -0.1) is 0 Å². The number of hydrogen-bond donors (Lipinski definition) is 1. The fourth-order valence-corrected chi connectivity index (χ4v) is 4.42. The number of ether oxygens (including phenoxy) is 1. The lowest BCUT2D eigenvalue weighted by atomic mass is 10.00. The first-order chi connectivity index (χ1) is 17.8. The Hall–Kier alpha value is -3.68. The molecule has 0 saturated heterocycles. The monoisotopic (exact) mass is 537 g/mol. The highest BCUT2D eigenvalue weighted by Gasteiger charge is 2.35. The summed E-state index contributed by atoms with van der Waals surface area (Å²) in [6.07, 6.45) is -0.874. The second-order valence-electron chi connectivity index (χ2n) is 8.63. The molecule has 1 aliphatic rings. The van der Waals surface area contributed by atoms with Gasteiger partial charge in [-0.3, -0.25) is 19.3 Å². The number of nitrogens with zero attached hydrogens (tertiary/aromatic N) is 2. The number of para-hydroxylation sites is 1. The Morgan fingerprint density at radius 2 is 1.73 bits per heavy atom. The number of carbonyl (C=O) groups is 3. The van der Waals surface area contributed by atoms with E-state index in [9.17, 15) is 14.4 Å². The highest BCUT2D eigenvalue weighted by Crippen LogP contribution is 2.29. The zero-order chi connectivity index (χ0) is 26.5. The minimum absolute atomic E-state index is 0.324. The smallest absolute Gasteiger partial charge is 0.325 e. The minimum atomic E-state index is -1.25. The fourth-order valence-electron chi connectivity index (χ4n) is 4.10. The number of methoxy groups -OCH3 is 1. The van der Waals surface area contributed by atoms with E-state index in [1.165, 1.54) is 12.0 Å². The van der Waals surface area contributed by atoms with Crippen LogP contribution in [0.1, 0.15) is 23.6 Å². The van der Waals surface area contributed by atoms with E-state index in [2.05, 4.69) is 5.32 Å². The van der Waals surface area contributed by atoms with Crippen LogP contribution in [0.4, 0.5) is 5.69 Å². The van der Waals surface area contributed by atoms with Gasteiger partial charge in [0.05, 0.1) is 28.6 Å². The SMILES string of the molecule is COC(=O)CN1C(=O)C(NC(=O)[C@@H](C)Cc2ccc(Cl)c(Cl)c2)N=C(c2ccccc2)c2ccccc21. The molecule has 2 amide bonds. The molecule has 3 aromatic rings. The molecule has 9 heteroatoms. The maximum Gasteiger partial charge on any atom is 0.325 e. The number of nitrogens with one attached hydrogen (secondary N) is 1. The second kappa shape index (κ2) is 11.6.